The van der Waals surface area contributed by atoms with Crippen LogP contribution in [0.15, 0.2) is 18.3 Å². The molecule has 2 aromatic rings. The van der Waals surface area contributed by atoms with Crippen molar-refractivity contribution in [2.45, 2.75) is 0 Å². The maximum atomic E-state index is 5.91. The number of aromatic amines is 1. The molecule has 1 N–H and O–H groups in total. The van der Waals surface area contributed by atoms with Crippen LogP contribution >= 0.6 is 34.2 Å². The van der Waals surface area contributed by atoms with Crippen molar-refractivity contribution in [3.05, 3.63) is 26.9 Å². The molecular formula is C7H4ClIN2. The van der Waals surface area contributed by atoms with E-state index in [0.717, 1.165) is 19.5 Å². The van der Waals surface area contributed by atoms with E-state index in [1.165, 1.54) is 0 Å². The van der Waals surface area contributed by atoms with Crippen molar-refractivity contribution in [2.24, 2.45) is 0 Å². The third-order valence-corrected chi connectivity index (χ3v) is 2.74. The molecule has 0 aliphatic carbocycles. The van der Waals surface area contributed by atoms with E-state index < -0.39 is 0 Å². The van der Waals surface area contributed by atoms with Crippen molar-refractivity contribution >= 4 is 45.1 Å². The Labute approximate surface area is 82.1 Å². The van der Waals surface area contributed by atoms with Gasteiger partial charge in [0, 0.05) is 8.96 Å². The van der Waals surface area contributed by atoms with Gasteiger partial charge in [0.1, 0.15) is 0 Å². The standard InChI is InChI=1S/C7H4ClIN2/c8-5-1-2-6(9)7-4(5)3-10-11-7/h1-3H,(H,10,11). The fourth-order valence-electron chi connectivity index (χ4n) is 0.969. The summed E-state index contributed by atoms with van der Waals surface area (Å²) in [7, 11) is 0. The number of rotatable bonds is 0. The summed E-state index contributed by atoms with van der Waals surface area (Å²) >= 11 is 8.15. The summed E-state index contributed by atoms with van der Waals surface area (Å²) in [6, 6.07) is 3.84. The second-order valence-corrected chi connectivity index (χ2v) is 3.76. The van der Waals surface area contributed by atoms with Crippen LogP contribution in [0, 0.1) is 3.57 Å². The normalized spacial score (nSPS) is 10.7. The van der Waals surface area contributed by atoms with Crippen LogP contribution < -0.4 is 0 Å². The Kier molecular flexibility index (Phi) is 1.77. The zero-order valence-electron chi connectivity index (χ0n) is 5.44. The zero-order chi connectivity index (χ0) is 7.84. The van der Waals surface area contributed by atoms with Crippen molar-refractivity contribution in [1.82, 2.24) is 10.2 Å². The highest BCUT2D eigenvalue weighted by Gasteiger charge is 2.02. The Hall–Kier alpha value is -0.290. The quantitative estimate of drug-likeness (QED) is 0.738. The molecule has 2 nitrogen and oxygen atoms in total. The van der Waals surface area contributed by atoms with Gasteiger partial charge in [0.05, 0.1) is 16.7 Å². The van der Waals surface area contributed by atoms with Gasteiger partial charge in [-0.25, -0.2) is 0 Å². The molecule has 0 radical (unpaired) electrons. The average molecular weight is 278 g/mol. The van der Waals surface area contributed by atoms with Crippen LogP contribution in [0.2, 0.25) is 5.02 Å². The summed E-state index contributed by atoms with van der Waals surface area (Å²) in [4.78, 5) is 0. The van der Waals surface area contributed by atoms with Gasteiger partial charge in [-0.3, -0.25) is 5.10 Å². The predicted octanol–water partition coefficient (Wildman–Crippen LogP) is 2.82. The molecule has 0 aliphatic heterocycles. The van der Waals surface area contributed by atoms with Gasteiger partial charge in [-0.05, 0) is 34.7 Å². The van der Waals surface area contributed by atoms with Crippen molar-refractivity contribution in [2.75, 3.05) is 0 Å². The number of fused-ring (bicyclic) bond motifs is 1. The molecule has 0 unspecified atom stereocenters. The van der Waals surface area contributed by atoms with Gasteiger partial charge in [-0.15, -0.1) is 0 Å². The average Bonchev–Trinajstić information content (AvgIpc) is 2.45. The van der Waals surface area contributed by atoms with E-state index in [1.807, 2.05) is 12.1 Å². The Morgan fingerprint density at radius 2 is 2.27 bits per heavy atom. The second-order valence-electron chi connectivity index (χ2n) is 2.19. The molecule has 0 saturated heterocycles. The molecule has 2 rings (SSSR count). The highest BCUT2D eigenvalue weighted by Crippen LogP contribution is 2.25. The van der Waals surface area contributed by atoms with Crippen molar-refractivity contribution in [1.29, 1.82) is 0 Å². The van der Waals surface area contributed by atoms with Crippen LogP contribution in [0.1, 0.15) is 0 Å². The molecule has 0 fully saturated rings. The predicted molar refractivity (Wildman–Crippen MR) is 53.8 cm³/mol. The molecule has 56 valence electrons. The summed E-state index contributed by atoms with van der Waals surface area (Å²) in [5.41, 5.74) is 1.01. The number of benzene rings is 1. The van der Waals surface area contributed by atoms with Gasteiger partial charge in [0.2, 0.25) is 0 Å². The summed E-state index contributed by atoms with van der Waals surface area (Å²) in [6.07, 6.45) is 1.74. The van der Waals surface area contributed by atoms with Gasteiger partial charge in [0.25, 0.3) is 0 Å². The first kappa shape index (κ1) is 7.36. The van der Waals surface area contributed by atoms with Gasteiger partial charge in [-0.2, -0.15) is 5.10 Å². The largest absolute Gasteiger partial charge is 0.277 e. The van der Waals surface area contributed by atoms with E-state index in [1.54, 1.807) is 6.20 Å². The van der Waals surface area contributed by atoms with E-state index in [0.29, 0.717) is 0 Å². The lowest BCUT2D eigenvalue weighted by Gasteiger charge is -1.93. The molecule has 0 spiro atoms. The van der Waals surface area contributed by atoms with Crippen LogP contribution in [-0.4, -0.2) is 10.2 Å². The molecule has 4 heteroatoms. The molecule has 1 aromatic carbocycles. The first-order chi connectivity index (χ1) is 5.29. The lowest BCUT2D eigenvalue weighted by atomic mass is 10.3. The number of hydrogen-bond acceptors (Lipinski definition) is 1. The molecule has 1 heterocycles. The van der Waals surface area contributed by atoms with Crippen molar-refractivity contribution in [3.63, 3.8) is 0 Å². The van der Waals surface area contributed by atoms with Crippen LogP contribution in [0.25, 0.3) is 10.9 Å². The topological polar surface area (TPSA) is 28.7 Å². The first-order valence-corrected chi connectivity index (χ1v) is 4.52. The minimum absolute atomic E-state index is 0.745. The third kappa shape index (κ3) is 1.12. The van der Waals surface area contributed by atoms with Crippen molar-refractivity contribution < 1.29 is 0 Å². The van der Waals surface area contributed by atoms with Crippen LogP contribution in [-0.2, 0) is 0 Å². The smallest absolute Gasteiger partial charge is 0.0798 e. The van der Waals surface area contributed by atoms with Gasteiger partial charge < -0.3 is 0 Å². The number of nitrogens with one attached hydrogen (secondary N) is 1. The van der Waals surface area contributed by atoms with E-state index in [2.05, 4.69) is 32.8 Å². The zero-order valence-corrected chi connectivity index (χ0v) is 8.35. The fraction of sp³-hybridized carbons (Fsp3) is 0. The molecule has 0 atom stereocenters. The Balaban J connectivity index is 2.96. The van der Waals surface area contributed by atoms with Crippen molar-refractivity contribution in [3.8, 4) is 0 Å². The van der Waals surface area contributed by atoms with Gasteiger partial charge in [-0.1, -0.05) is 11.6 Å². The van der Waals surface area contributed by atoms with Crippen LogP contribution in [0.4, 0.5) is 0 Å². The van der Waals surface area contributed by atoms with E-state index in [4.69, 9.17) is 11.6 Å². The number of aromatic nitrogens is 2. The summed E-state index contributed by atoms with van der Waals surface area (Å²) in [6.45, 7) is 0. The maximum Gasteiger partial charge on any atom is 0.0798 e. The Morgan fingerprint density at radius 3 is 3.00 bits per heavy atom. The molecule has 0 aliphatic rings. The number of nitrogens with zero attached hydrogens (tertiary/aromatic N) is 1. The van der Waals surface area contributed by atoms with Crippen LogP contribution in [0.5, 0.6) is 0 Å². The first-order valence-electron chi connectivity index (χ1n) is 3.06. The van der Waals surface area contributed by atoms with Crippen LogP contribution in [0.3, 0.4) is 0 Å². The Morgan fingerprint density at radius 1 is 1.45 bits per heavy atom. The second kappa shape index (κ2) is 2.64. The molecule has 11 heavy (non-hydrogen) atoms. The highest BCUT2D eigenvalue weighted by molar-refractivity contribution is 14.1. The molecule has 0 saturated carbocycles. The molecule has 0 bridgehead atoms. The number of hydrogen-bond donors (Lipinski definition) is 1. The molecule has 1 aromatic heterocycles. The maximum absolute atomic E-state index is 5.91. The molecular weight excluding hydrogens is 274 g/mol. The fourth-order valence-corrected chi connectivity index (χ4v) is 1.77. The lowest BCUT2D eigenvalue weighted by Crippen LogP contribution is -1.75. The third-order valence-electron chi connectivity index (χ3n) is 1.51. The van der Waals surface area contributed by atoms with E-state index >= 15 is 0 Å². The summed E-state index contributed by atoms with van der Waals surface area (Å²) in [5.74, 6) is 0. The number of H-pyrrole nitrogens is 1. The summed E-state index contributed by atoms with van der Waals surface area (Å²) in [5, 5.41) is 8.52. The SMILES string of the molecule is Clc1ccc(I)c2[nH]ncc12. The van der Waals surface area contributed by atoms with E-state index in [9.17, 15) is 0 Å². The van der Waals surface area contributed by atoms with Gasteiger partial charge in [0.15, 0.2) is 0 Å². The van der Waals surface area contributed by atoms with E-state index in [-0.39, 0.29) is 0 Å². The Bertz CT molecular complexity index is 360. The lowest BCUT2D eigenvalue weighted by molar-refractivity contribution is 1.12. The monoisotopic (exact) mass is 278 g/mol. The highest BCUT2D eigenvalue weighted by atomic mass is 127. The molecule has 0 amide bonds. The summed E-state index contributed by atoms with van der Waals surface area (Å²) < 4.78 is 1.14. The minimum Gasteiger partial charge on any atom is -0.277 e. The minimum atomic E-state index is 0.745. The number of halogens is 2. The van der Waals surface area contributed by atoms with Gasteiger partial charge >= 0.3 is 0 Å².